The summed E-state index contributed by atoms with van der Waals surface area (Å²) in [6.07, 6.45) is 4.49. The Bertz CT molecular complexity index is 419. The van der Waals surface area contributed by atoms with Crippen LogP contribution in [0, 0.1) is 5.92 Å². The monoisotopic (exact) mass is 234 g/mol. The van der Waals surface area contributed by atoms with Gasteiger partial charge in [0.2, 0.25) is 0 Å². The number of pyridine rings is 1. The van der Waals surface area contributed by atoms with Crippen molar-refractivity contribution in [3.63, 3.8) is 0 Å². The quantitative estimate of drug-likeness (QED) is 0.829. The summed E-state index contributed by atoms with van der Waals surface area (Å²) < 4.78 is 0. The third kappa shape index (κ3) is 2.61. The number of carboxylic acid groups (broad SMARTS) is 1. The van der Waals surface area contributed by atoms with Crippen LogP contribution in [0.4, 0.5) is 0 Å². The molecule has 2 heterocycles. The molecule has 1 fully saturated rings. The van der Waals surface area contributed by atoms with E-state index in [0.717, 1.165) is 6.42 Å². The molecule has 1 aliphatic heterocycles. The zero-order valence-corrected chi connectivity index (χ0v) is 9.37. The second-order valence-electron chi connectivity index (χ2n) is 4.17. The van der Waals surface area contributed by atoms with Crippen LogP contribution >= 0.6 is 0 Å². The summed E-state index contributed by atoms with van der Waals surface area (Å²) in [4.78, 5) is 28.5. The molecule has 1 amide bonds. The molecule has 1 aromatic heterocycles. The number of aliphatic carboxylic acids is 1. The van der Waals surface area contributed by atoms with E-state index in [0.29, 0.717) is 25.1 Å². The molecular formula is C12H14N2O3. The third-order valence-electron chi connectivity index (χ3n) is 2.97. The van der Waals surface area contributed by atoms with Crippen molar-refractivity contribution in [1.82, 2.24) is 9.88 Å². The highest BCUT2D eigenvalue weighted by atomic mass is 16.4. The van der Waals surface area contributed by atoms with Gasteiger partial charge in [-0.05, 0) is 25.0 Å². The summed E-state index contributed by atoms with van der Waals surface area (Å²) in [5.74, 6) is -1.40. The molecule has 5 nitrogen and oxygen atoms in total. The van der Waals surface area contributed by atoms with E-state index >= 15 is 0 Å². The van der Waals surface area contributed by atoms with E-state index in [4.69, 9.17) is 5.11 Å². The second kappa shape index (κ2) is 4.95. The molecule has 0 aliphatic carbocycles. The number of amides is 1. The van der Waals surface area contributed by atoms with E-state index in [2.05, 4.69) is 4.98 Å². The van der Waals surface area contributed by atoms with Crippen molar-refractivity contribution in [2.24, 2.45) is 5.92 Å². The van der Waals surface area contributed by atoms with Crippen molar-refractivity contribution >= 4 is 11.9 Å². The van der Waals surface area contributed by atoms with Crippen LogP contribution in [0.25, 0.3) is 0 Å². The first-order valence-electron chi connectivity index (χ1n) is 5.60. The number of carbonyl (C=O) groups excluding carboxylic acids is 1. The number of carbonyl (C=O) groups is 2. The van der Waals surface area contributed by atoms with Gasteiger partial charge in [-0.25, -0.2) is 0 Å². The average molecular weight is 234 g/mol. The molecule has 0 spiro atoms. The Morgan fingerprint density at radius 3 is 2.94 bits per heavy atom. The molecular weight excluding hydrogens is 220 g/mol. The molecule has 1 aromatic rings. The Labute approximate surface area is 99.1 Å². The van der Waals surface area contributed by atoms with Crippen LogP contribution in [0.2, 0.25) is 0 Å². The van der Waals surface area contributed by atoms with Crippen LogP contribution < -0.4 is 0 Å². The lowest BCUT2D eigenvalue weighted by Gasteiger charge is -2.30. The SMILES string of the molecule is O=C(O)C1CCCN(C(=O)c2cccnc2)C1. The van der Waals surface area contributed by atoms with Gasteiger partial charge < -0.3 is 10.0 Å². The maximum Gasteiger partial charge on any atom is 0.308 e. The standard InChI is InChI=1S/C12H14N2O3/c15-11(9-3-1-5-13-7-9)14-6-2-4-10(8-14)12(16)17/h1,3,5,7,10H,2,4,6,8H2,(H,16,17). The fourth-order valence-electron chi connectivity index (χ4n) is 2.04. The molecule has 0 aromatic carbocycles. The second-order valence-corrected chi connectivity index (χ2v) is 4.17. The number of aromatic nitrogens is 1. The van der Waals surface area contributed by atoms with Crippen LogP contribution in [0.1, 0.15) is 23.2 Å². The molecule has 1 N–H and O–H groups in total. The van der Waals surface area contributed by atoms with Crippen molar-refractivity contribution in [3.05, 3.63) is 30.1 Å². The predicted octanol–water partition coefficient (Wildman–Crippen LogP) is 1.02. The minimum Gasteiger partial charge on any atom is -0.481 e. The Balaban J connectivity index is 2.07. The first-order chi connectivity index (χ1) is 8.18. The summed E-state index contributed by atoms with van der Waals surface area (Å²) in [5.41, 5.74) is 0.513. The van der Waals surface area contributed by atoms with Crippen molar-refractivity contribution in [2.75, 3.05) is 13.1 Å². The van der Waals surface area contributed by atoms with Gasteiger partial charge in [0.05, 0.1) is 11.5 Å². The van der Waals surface area contributed by atoms with Gasteiger partial charge in [0.1, 0.15) is 0 Å². The number of hydrogen-bond donors (Lipinski definition) is 1. The molecule has 1 atom stereocenters. The Morgan fingerprint density at radius 1 is 1.47 bits per heavy atom. The molecule has 0 saturated carbocycles. The zero-order chi connectivity index (χ0) is 12.3. The lowest BCUT2D eigenvalue weighted by molar-refractivity contribution is -0.143. The summed E-state index contributed by atoms with van der Waals surface area (Å²) >= 11 is 0. The van der Waals surface area contributed by atoms with E-state index in [9.17, 15) is 9.59 Å². The highest BCUT2D eigenvalue weighted by molar-refractivity contribution is 5.94. The van der Waals surface area contributed by atoms with Crippen molar-refractivity contribution in [3.8, 4) is 0 Å². The van der Waals surface area contributed by atoms with Crippen LogP contribution in [0.3, 0.4) is 0 Å². The summed E-state index contributed by atoms with van der Waals surface area (Å²) in [6, 6.07) is 3.39. The number of piperidine rings is 1. The van der Waals surface area contributed by atoms with Crippen LogP contribution in [0.5, 0.6) is 0 Å². The number of nitrogens with zero attached hydrogens (tertiary/aromatic N) is 2. The fraction of sp³-hybridized carbons (Fsp3) is 0.417. The smallest absolute Gasteiger partial charge is 0.308 e. The summed E-state index contributed by atoms with van der Waals surface area (Å²) in [5, 5.41) is 8.96. The Kier molecular flexibility index (Phi) is 3.37. The van der Waals surface area contributed by atoms with E-state index in [-0.39, 0.29) is 5.91 Å². The lowest BCUT2D eigenvalue weighted by atomic mass is 9.98. The molecule has 2 rings (SSSR count). The van der Waals surface area contributed by atoms with Gasteiger partial charge in [0, 0.05) is 25.5 Å². The van der Waals surface area contributed by atoms with Crippen molar-refractivity contribution in [2.45, 2.75) is 12.8 Å². The molecule has 90 valence electrons. The number of likely N-dealkylation sites (tertiary alicyclic amines) is 1. The zero-order valence-electron chi connectivity index (χ0n) is 9.37. The topological polar surface area (TPSA) is 70.5 Å². The van der Waals surface area contributed by atoms with Crippen LogP contribution in [0.15, 0.2) is 24.5 Å². The van der Waals surface area contributed by atoms with Crippen molar-refractivity contribution in [1.29, 1.82) is 0 Å². The van der Waals surface area contributed by atoms with Gasteiger partial charge in [-0.15, -0.1) is 0 Å². The predicted molar refractivity (Wildman–Crippen MR) is 60.5 cm³/mol. The molecule has 1 unspecified atom stereocenters. The van der Waals surface area contributed by atoms with Gasteiger partial charge in [0.15, 0.2) is 0 Å². The van der Waals surface area contributed by atoms with Crippen LogP contribution in [-0.2, 0) is 4.79 Å². The molecule has 0 radical (unpaired) electrons. The molecule has 5 heteroatoms. The minimum absolute atomic E-state index is 0.135. The average Bonchev–Trinajstić information content (AvgIpc) is 2.39. The van der Waals surface area contributed by atoms with Gasteiger partial charge >= 0.3 is 5.97 Å². The van der Waals surface area contributed by atoms with Gasteiger partial charge in [-0.2, -0.15) is 0 Å². The van der Waals surface area contributed by atoms with Crippen LogP contribution in [-0.4, -0.2) is 40.0 Å². The highest BCUT2D eigenvalue weighted by Crippen LogP contribution is 2.18. The normalized spacial score (nSPS) is 20.0. The van der Waals surface area contributed by atoms with Gasteiger partial charge in [-0.1, -0.05) is 0 Å². The first kappa shape index (κ1) is 11.6. The number of rotatable bonds is 2. The first-order valence-corrected chi connectivity index (χ1v) is 5.60. The van der Waals surface area contributed by atoms with E-state index < -0.39 is 11.9 Å². The Morgan fingerprint density at radius 2 is 2.29 bits per heavy atom. The molecule has 17 heavy (non-hydrogen) atoms. The Hall–Kier alpha value is -1.91. The van der Waals surface area contributed by atoms with Gasteiger partial charge in [-0.3, -0.25) is 14.6 Å². The van der Waals surface area contributed by atoms with E-state index in [1.54, 1.807) is 23.2 Å². The number of carboxylic acids is 1. The van der Waals surface area contributed by atoms with E-state index in [1.165, 1.54) is 6.20 Å². The lowest BCUT2D eigenvalue weighted by Crippen LogP contribution is -2.42. The maximum atomic E-state index is 12.1. The largest absolute Gasteiger partial charge is 0.481 e. The third-order valence-corrected chi connectivity index (χ3v) is 2.97. The molecule has 0 bridgehead atoms. The minimum atomic E-state index is -0.825. The number of hydrogen-bond acceptors (Lipinski definition) is 3. The van der Waals surface area contributed by atoms with Crippen molar-refractivity contribution < 1.29 is 14.7 Å². The van der Waals surface area contributed by atoms with E-state index in [1.807, 2.05) is 0 Å². The summed E-state index contributed by atoms with van der Waals surface area (Å²) in [7, 11) is 0. The van der Waals surface area contributed by atoms with Gasteiger partial charge in [0.25, 0.3) is 5.91 Å². The fourth-order valence-corrected chi connectivity index (χ4v) is 2.04. The highest BCUT2D eigenvalue weighted by Gasteiger charge is 2.28. The summed E-state index contributed by atoms with van der Waals surface area (Å²) in [6.45, 7) is 0.917. The molecule has 1 aliphatic rings. The molecule has 1 saturated heterocycles. The maximum absolute atomic E-state index is 12.1.